The summed E-state index contributed by atoms with van der Waals surface area (Å²) >= 11 is 0. The van der Waals surface area contributed by atoms with E-state index in [1.54, 1.807) is 48.5 Å². The predicted octanol–water partition coefficient (Wildman–Crippen LogP) is 2.57. The van der Waals surface area contributed by atoms with Gasteiger partial charge in [-0.3, -0.25) is 9.68 Å². The van der Waals surface area contributed by atoms with Crippen LogP contribution in [0.5, 0.6) is 0 Å². The summed E-state index contributed by atoms with van der Waals surface area (Å²) < 4.78 is 0. The molecule has 18 heavy (non-hydrogen) atoms. The molecule has 1 N–H and O–H groups in total. The lowest BCUT2D eigenvalue weighted by molar-refractivity contribution is -0.515. The minimum atomic E-state index is -0.741. The van der Waals surface area contributed by atoms with Crippen LogP contribution in [-0.2, 0) is 24.4 Å². The third-order valence-corrected chi connectivity index (χ3v) is 1.37. The van der Waals surface area contributed by atoms with Crippen molar-refractivity contribution in [2.45, 2.75) is 54.1 Å². The summed E-state index contributed by atoms with van der Waals surface area (Å²) in [7, 11) is 0. The van der Waals surface area contributed by atoms with E-state index in [0.29, 0.717) is 0 Å². The van der Waals surface area contributed by atoms with Crippen molar-refractivity contribution < 1.29 is 29.5 Å². The number of carboxylic acids is 1. The van der Waals surface area contributed by atoms with Gasteiger partial charge < -0.3 is 5.11 Å². The van der Waals surface area contributed by atoms with E-state index in [1.807, 2.05) is 0 Å². The molecule has 0 bridgehead atoms. The number of carboxylic acid groups (broad SMARTS) is 1. The maximum atomic E-state index is 10.8. The van der Waals surface area contributed by atoms with Gasteiger partial charge in [-0.1, -0.05) is 27.7 Å². The molecule has 0 spiro atoms. The van der Waals surface area contributed by atoms with Crippen LogP contribution in [0.1, 0.15) is 48.5 Å². The summed E-state index contributed by atoms with van der Waals surface area (Å²) in [5, 5.41) is 12.3. The highest BCUT2D eigenvalue weighted by molar-refractivity contribution is 5.70. The highest BCUT2D eigenvalue weighted by atomic mass is 17.5. The van der Waals surface area contributed by atoms with E-state index in [2.05, 4.69) is 9.93 Å². The molecule has 0 aliphatic rings. The zero-order valence-corrected chi connectivity index (χ0v) is 12.1. The molecule has 0 saturated carbocycles. The predicted molar refractivity (Wildman–Crippen MR) is 65.3 cm³/mol. The smallest absolute Gasteiger partial charge is 0.348 e. The number of carbonyl (C=O) groups excluding carboxylic acids is 1. The molecule has 0 heterocycles. The van der Waals surface area contributed by atoms with Crippen molar-refractivity contribution in [3.63, 3.8) is 0 Å². The van der Waals surface area contributed by atoms with Crippen LogP contribution >= 0.6 is 0 Å². The molecule has 108 valence electrons. The second kappa shape index (κ2) is 8.88. The van der Waals surface area contributed by atoms with Crippen LogP contribution in [0.3, 0.4) is 0 Å². The molecule has 0 fully saturated rings. The average molecular weight is 264 g/mol. The minimum absolute atomic E-state index is 0.214. The van der Waals surface area contributed by atoms with Crippen LogP contribution in [0, 0.1) is 11.8 Å². The maximum absolute atomic E-state index is 10.8. The largest absolute Gasteiger partial charge is 0.481 e. The molecule has 6 nitrogen and oxygen atoms in total. The Labute approximate surface area is 108 Å². The highest BCUT2D eigenvalue weighted by Crippen LogP contribution is 2.08. The number of aliphatic carboxylic acids is 1. The van der Waals surface area contributed by atoms with E-state index in [4.69, 9.17) is 9.99 Å². The molecule has 0 aliphatic heterocycles. The Morgan fingerprint density at radius 1 is 1.00 bits per heavy atom. The molecule has 0 radical (unpaired) electrons. The first-order valence-electron chi connectivity index (χ1n) is 5.76. The van der Waals surface area contributed by atoms with Crippen molar-refractivity contribution in [3.8, 4) is 0 Å². The molecule has 0 amide bonds. The fraction of sp³-hybridized carbons (Fsp3) is 0.833. The Hall–Kier alpha value is -1.14. The molecule has 0 atom stereocenters. The summed E-state index contributed by atoms with van der Waals surface area (Å²) in [6, 6.07) is 0. The number of hydrogen-bond donors (Lipinski definition) is 1. The van der Waals surface area contributed by atoms with Crippen LogP contribution in [0.15, 0.2) is 0 Å². The van der Waals surface area contributed by atoms with Crippen molar-refractivity contribution in [2.75, 3.05) is 0 Å². The van der Waals surface area contributed by atoms with Gasteiger partial charge in [-0.15, -0.1) is 0 Å². The van der Waals surface area contributed by atoms with Crippen LogP contribution in [0.2, 0.25) is 0 Å². The Morgan fingerprint density at radius 2 is 1.39 bits per heavy atom. The molecule has 0 aliphatic carbocycles. The third-order valence-electron chi connectivity index (χ3n) is 1.37. The molecule has 0 aromatic carbocycles. The SMILES string of the molecule is CC(C)C(=O)O.CC(C)C(=O)OOOC(C)(C)C. The molecular weight excluding hydrogens is 240 g/mol. The second-order valence-electron chi connectivity index (χ2n) is 5.31. The lowest BCUT2D eigenvalue weighted by atomic mass is 10.2. The number of carbonyl (C=O) groups is 2. The molecule has 0 aromatic rings. The Morgan fingerprint density at radius 3 is 1.61 bits per heavy atom. The Kier molecular flexibility index (Phi) is 9.47. The van der Waals surface area contributed by atoms with E-state index in [9.17, 15) is 9.59 Å². The summed E-state index contributed by atoms with van der Waals surface area (Å²) in [5.41, 5.74) is -0.475. The zero-order valence-electron chi connectivity index (χ0n) is 12.1. The first-order chi connectivity index (χ1) is 7.97. The third kappa shape index (κ3) is 14.9. The standard InChI is InChI=1S/C8H16O4.C4H8O2/c1-6(2)7(9)10-12-11-8(3,4)5;1-3(2)4(5)6/h6H,1-5H3;3H,1-2H3,(H,5,6). The molecule has 0 rings (SSSR count). The minimum Gasteiger partial charge on any atom is -0.481 e. The maximum Gasteiger partial charge on any atom is 0.348 e. The Balaban J connectivity index is 0. The van der Waals surface area contributed by atoms with E-state index in [-0.39, 0.29) is 11.8 Å². The molecule has 0 aromatic heterocycles. The topological polar surface area (TPSA) is 82.1 Å². The van der Waals surface area contributed by atoms with Crippen molar-refractivity contribution in [3.05, 3.63) is 0 Å². The fourth-order valence-corrected chi connectivity index (χ4v) is 0.249. The van der Waals surface area contributed by atoms with Crippen LogP contribution < -0.4 is 0 Å². The average Bonchev–Trinajstić information content (AvgIpc) is 2.16. The van der Waals surface area contributed by atoms with Gasteiger partial charge in [-0.05, 0) is 25.8 Å². The molecule has 6 heteroatoms. The van der Waals surface area contributed by atoms with E-state index in [1.165, 1.54) is 0 Å². The van der Waals surface area contributed by atoms with Gasteiger partial charge >= 0.3 is 11.9 Å². The van der Waals surface area contributed by atoms with Crippen molar-refractivity contribution in [1.29, 1.82) is 0 Å². The van der Waals surface area contributed by atoms with E-state index >= 15 is 0 Å². The van der Waals surface area contributed by atoms with Gasteiger partial charge in [0, 0.05) is 0 Å². The number of rotatable bonds is 4. The Bertz CT molecular complexity index is 252. The lowest BCUT2D eigenvalue weighted by Gasteiger charge is -2.15. The molecular formula is C12H24O6. The van der Waals surface area contributed by atoms with Gasteiger partial charge in [-0.2, -0.15) is 4.89 Å². The van der Waals surface area contributed by atoms with Crippen molar-refractivity contribution >= 4 is 11.9 Å². The fourth-order valence-electron chi connectivity index (χ4n) is 0.249. The monoisotopic (exact) mass is 264 g/mol. The summed E-state index contributed by atoms with van der Waals surface area (Å²) in [5.74, 6) is -1.63. The van der Waals surface area contributed by atoms with Gasteiger partial charge in [0.2, 0.25) is 0 Å². The van der Waals surface area contributed by atoms with E-state index in [0.717, 1.165) is 0 Å². The summed E-state index contributed by atoms with van der Waals surface area (Å²) in [6.45, 7) is 12.1. The second-order valence-corrected chi connectivity index (χ2v) is 5.31. The zero-order chi connectivity index (χ0) is 14.9. The van der Waals surface area contributed by atoms with Crippen molar-refractivity contribution in [1.82, 2.24) is 0 Å². The highest BCUT2D eigenvalue weighted by Gasteiger charge is 2.15. The first-order valence-corrected chi connectivity index (χ1v) is 5.76. The molecule has 0 saturated heterocycles. The van der Waals surface area contributed by atoms with Crippen LogP contribution in [0.25, 0.3) is 0 Å². The molecule has 0 unspecified atom stereocenters. The summed E-state index contributed by atoms with van der Waals surface area (Å²) in [4.78, 5) is 29.5. The van der Waals surface area contributed by atoms with Gasteiger partial charge in [0.05, 0.1) is 17.4 Å². The van der Waals surface area contributed by atoms with Gasteiger partial charge in [0.15, 0.2) is 0 Å². The van der Waals surface area contributed by atoms with Crippen LogP contribution in [-0.4, -0.2) is 22.6 Å². The first kappa shape index (κ1) is 19.2. The van der Waals surface area contributed by atoms with Gasteiger partial charge in [0.25, 0.3) is 0 Å². The van der Waals surface area contributed by atoms with Crippen molar-refractivity contribution in [2.24, 2.45) is 11.8 Å². The van der Waals surface area contributed by atoms with Crippen LogP contribution in [0.4, 0.5) is 0 Å². The van der Waals surface area contributed by atoms with E-state index < -0.39 is 17.5 Å². The number of hydrogen-bond acceptors (Lipinski definition) is 5. The quantitative estimate of drug-likeness (QED) is 0.620. The van der Waals surface area contributed by atoms with Gasteiger partial charge in [0.1, 0.15) is 0 Å². The normalized spacial score (nSPS) is 10.9. The van der Waals surface area contributed by atoms with Gasteiger partial charge in [-0.25, -0.2) is 4.79 Å². The summed E-state index contributed by atoms with van der Waals surface area (Å²) in [6.07, 6.45) is 0. The lowest BCUT2D eigenvalue weighted by Crippen LogP contribution is -2.22.